The Morgan fingerprint density at radius 1 is 0.917 bits per heavy atom. The van der Waals surface area contributed by atoms with E-state index in [-0.39, 0.29) is 6.03 Å². The highest BCUT2D eigenvalue weighted by Crippen LogP contribution is 2.30. The average Bonchev–Trinajstić information content (AvgIpc) is 2.61. The molecule has 0 aliphatic rings. The van der Waals surface area contributed by atoms with Crippen LogP contribution in [-0.2, 0) is 12.8 Å². The van der Waals surface area contributed by atoms with Crippen molar-refractivity contribution in [1.29, 1.82) is 0 Å². The monoisotopic (exact) mass is 328 g/mol. The number of urea groups is 1. The summed E-state index contributed by atoms with van der Waals surface area (Å²) in [5, 5.41) is 5.81. The third kappa shape index (κ3) is 3.98. The zero-order valence-corrected chi connectivity index (χ0v) is 14.6. The number of para-hydroxylation sites is 1. The molecule has 0 fully saturated rings. The maximum absolute atomic E-state index is 12.4. The standard InChI is InChI=1S/C19H24N2O3/c1-5-13-8-7-9-14(6-2)18(13)21-19(22)20-15-10-11-16(23-3)17(12-15)24-4/h7-12H,5-6H2,1-4H3,(H2,20,21,22). The summed E-state index contributed by atoms with van der Waals surface area (Å²) in [6.07, 6.45) is 1.72. The van der Waals surface area contributed by atoms with E-state index >= 15 is 0 Å². The molecule has 0 heterocycles. The van der Waals surface area contributed by atoms with Crippen LogP contribution in [0.1, 0.15) is 25.0 Å². The van der Waals surface area contributed by atoms with Crippen LogP contribution in [0.3, 0.4) is 0 Å². The molecule has 5 nitrogen and oxygen atoms in total. The van der Waals surface area contributed by atoms with Crippen molar-refractivity contribution in [2.75, 3.05) is 24.9 Å². The van der Waals surface area contributed by atoms with Crippen LogP contribution in [0.2, 0.25) is 0 Å². The molecule has 0 saturated carbocycles. The van der Waals surface area contributed by atoms with Crippen LogP contribution in [0, 0.1) is 0 Å². The number of methoxy groups -OCH3 is 2. The highest BCUT2D eigenvalue weighted by atomic mass is 16.5. The van der Waals surface area contributed by atoms with Gasteiger partial charge in [0.1, 0.15) is 0 Å². The van der Waals surface area contributed by atoms with Gasteiger partial charge in [-0.25, -0.2) is 4.79 Å². The molecule has 0 radical (unpaired) electrons. The van der Waals surface area contributed by atoms with E-state index in [0.29, 0.717) is 17.2 Å². The van der Waals surface area contributed by atoms with Crippen LogP contribution in [0.5, 0.6) is 11.5 Å². The number of rotatable bonds is 6. The second-order valence-corrected chi connectivity index (χ2v) is 5.31. The molecule has 2 rings (SSSR count). The molecule has 0 aliphatic heterocycles. The van der Waals surface area contributed by atoms with Gasteiger partial charge in [0, 0.05) is 17.4 Å². The number of benzene rings is 2. The molecule has 0 aromatic heterocycles. The molecule has 0 bridgehead atoms. The van der Waals surface area contributed by atoms with Gasteiger partial charge in [0.15, 0.2) is 11.5 Å². The van der Waals surface area contributed by atoms with Crippen LogP contribution in [0.4, 0.5) is 16.2 Å². The minimum absolute atomic E-state index is 0.280. The van der Waals surface area contributed by atoms with Crippen molar-refractivity contribution >= 4 is 17.4 Å². The topological polar surface area (TPSA) is 59.6 Å². The van der Waals surface area contributed by atoms with Gasteiger partial charge in [-0.15, -0.1) is 0 Å². The van der Waals surface area contributed by atoms with Gasteiger partial charge in [0.2, 0.25) is 0 Å². The van der Waals surface area contributed by atoms with E-state index in [0.717, 1.165) is 29.7 Å². The van der Waals surface area contributed by atoms with Crippen LogP contribution < -0.4 is 20.1 Å². The van der Waals surface area contributed by atoms with Crippen molar-refractivity contribution in [1.82, 2.24) is 0 Å². The summed E-state index contributed by atoms with van der Waals surface area (Å²) in [7, 11) is 3.14. The van der Waals surface area contributed by atoms with E-state index in [2.05, 4.69) is 24.5 Å². The van der Waals surface area contributed by atoms with Crippen LogP contribution >= 0.6 is 0 Å². The van der Waals surface area contributed by atoms with E-state index in [9.17, 15) is 4.79 Å². The number of anilines is 2. The van der Waals surface area contributed by atoms with Crippen molar-refractivity contribution in [3.8, 4) is 11.5 Å². The highest BCUT2D eigenvalue weighted by molar-refractivity contribution is 6.01. The molecule has 2 N–H and O–H groups in total. The van der Waals surface area contributed by atoms with E-state index < -0.39 is 0 Å². The lowest BCUT2D eigenvalue weighted by Gasteiger charge is -2.15. The number of nitrogens with one attached hydrogen (secondary N) is 2. The third-order valence-electron chi connectivity index (χ3n) is 3.88. The number of aryl methyl sites for hydroxylation is 2. The smallest absolute Gasteiger partial charge is 0.323 e. The quantitative estimate of drug-likeness (QED) is 0.822. The molecule has 2 aromatic carbocycles. The van der Waals surface area contributed by atoms with Gasteiger partial charge in [0.25, 0.3) is 0 Å². The number of ether oxygens (including phenoxy) is 2. The Morgan fingerprint density at radius 2 is 1.54 bits per heavy atom. The fourth-order valence-electron chi connectivity index (χ4n) is 2.59. The lowest BCUT2D eigenvalue weighted by atomic mass is 10.0. The second kappa shape index (κ2) is 8.24. The van der Waals surface area contributed by atoms with Gasteiger partial charge in [-0.1, -0.05) is 32.0 Å². The first kappa shape index (κ1) is 17.7. The number of hydrogen-bond acceptors (Lipinski definition) is 3. The molecule has 24 heavy (non-hydrogen) atoms. The van der Waals surface area contributed by atoms with Gasteiger partial charge < -0.3 is 20.1 Å². The molecule has 128 valence electrons. The fourth-order valence-corrected chi connectivity index (χ4v) is 2.59. The Kier molecular flexibility index (Phi) is 6.07. The van der Waals surface area contributed by atoms with Crippen molar-refractivity contribution in [3.63, 3.8) is 0 Å². The summed E-state index contributed by atoms with van der Waals surface area (Å²) in [4.78, 5) is 12.4. The van der Waals surface area contributed by atoms with E-state index in [1.165, 1.54) is 0 Å². The largest absolute Gasteiger partial charge is 0.493 e. The molecular weight excluding hydrogens is 304 g/mol. The molecule has 0 aliphatic carbocycles. The maximum Gasteiger partial charge on any atom is 0.323 e. The van der Waals surface area contributed by atoms with Crippen LogP contribution in [-0.4, -0.2) is 20.3 Å². The van der Waals surface area contributed by atoms with Crippen molar-refractivity contribution in [2.45, 2.75) is 26.7 Å². The van der Waals surface area contributed by atoms with E-state index in [4.69, 9.17) is 9.47 Å². The average molecular weight is 328 g/mol. The summed E-state index contributed by atoms with van der Waals surface area (Å²) in [6, 6.07) is 11.1. The highest BCUT2D eigenvalue weighted by Gasteiger charge is 2.11. The SMILES string of the molecule is CCc1cccc(CC)c1NC(=O)Nc1ccc(OC)c(OC)c1. The molecule has 0 spiro atoms. The van der Waals surface area contributed by atoms with Gasteiger partial charge in [-0.3, -0.25) is 0 Å². The molecule has 5 heteroatoms. The lowest BCUT2D eigenvalue weighted by Crippen LogP contribution is -2.21. The number of hydrogen-bond donors (Lipinski definition) is 2. The zero-order chi connectivity index (χ0) is 17.5. The first-order valence-corrected chi connectivity index (χ1v) is 8.03. The normalized spacial score (nSPS) is 10.2. The molecule has 2 amide bonds. The lowest BCUT2D eigenvalue weighted by molar-refractivity contribution is 0.262. The third-order valence-corrected chi connectivity index (χ3v) is 3.88. The Balaban J connectivity index is 2.17. The first-order chi connectivity index (χ1) is 11.6. The Morgan fingerprint density at radius 3 is 2.08 bits per heavy atom. The summed E-state index contributed by atoms with van der Waals surface area (Å²) in [5.41, 5.74) is 3.77. The molecular formula is C19H24N2O3. The Labute approximate surface area is 143 Å². The van der Waals surface area contributed by atoms with Crippen molar-refractivity contribution in [2.24, 2.45) is 0 Å². The second-order valence-electron chi connectivity index (χ2n) is 5.31. The number of carbonyl (C=O) groups excluding carboxylic acids is 1. The van der Waals surface area contributed by atoms with Crippen molar-refractivity contribution in [3.05, 3.63) is 47.5 Å². The minimum atomic E-state index is -0.280. The van der Waals surface area contributed by atoms with Gasteiger partial charge in [-0.05, 0) is 36.1 Å². The zero-order valence-electron chi connectivity index (χ0n) is 14.6. The van der Waals surface area contributed by atoms with E-state index in [1.807, 2.05) is 18.2 Å². The number of carbonyl (C=O) groups is 1. The molecule has 0 saturated heterocycles. The van der Waals surface area contributed by atoms with Crippen molar-refractivity contribution < 1.29 is 14.3 Å². The molecule has 0 unspecified atom stereocenters. The predicted molar refractivity (Wildman–Crippen MR) is 97.4 cm³/mol. The van der Waals surface area contributed by atoms with Gasteiger partial charge >= 0.3 is 6.03 Å². The Hall–Kier alpha value is -2.69. The van der Waals surface area contributed by atoms with Gasteiger partial charge in [0.05, 0.1) is 14.2 Å². The summed E-state index contributed by atoms with van der Waals surface area (Å²) >= 11 is 0. The summed E-state index contributed by atoms with van der Waals surface area (Å²) in [6.45, 7) is 4.15. The van der Waals surface area contributed by atoms with Crippen LogP contribution in [0.25, 0.3) is 0 Å². The Bertz CT molecular complexity index is 692. The number of amides is 2. The molecule has 2 aromatic rings. The predicted octanol–water partition coefficient (Wildman–Crippen LogP) is 4.47. The maximum atomic E-state index is 12.4. The van der Waals surface area contributed by atoms with E-state index in [1.54, 1.807) is 32.4 Å². The van der Waals surface area contributed by atoms with Crippen LogP contribution in [0.15, 0.2) is 36.4 Å². The molecule has 0 atom stereocenters. The summed E-state index contributed by atoms with van der Waals surface area (Å²) < 4.78 is 10.5. The van der Waals surface area contributed by atoms with Gasteiger partial charge in [-0.2, -0.15) is 0 Å². The minimum Gasteiger partial charge on any atom is -0.493 e. The first-order valence-electron chi connectivity index (χ1n) is 8.03. The fraction of sp³-hybridized carbons (Fsp3) is 0.316. The summed E-state index contributed by atoms with van der Waals surface area (Å²) in [5.74, 6) is 1.19.